The van der Waals surface area contributed by atoms with Crippen LogP contribution in [0.1, 0.15) is 47.0 Å². The summed E-state index contributed by atoms with van der Waals surface area (Å²) in [4.78, 5) is 14.4. The lowest BCUT2D eigenvalue weighted by Crippen LogP contribution is -2.53. The Morgan fingerprint density at radius 3 is 2.50 bits per heavy atom. The molecule has 1 N–H and O–H groups in total. The monoisotopic (exact) mass is 252 g/mol. The van der Waals surface area contributed by atoms with Crippen LogP contribution >= 0.6 is 0 Å². The second kappa shape index (κ2) is 5.20. The van der Waals surface area contributed by atoms with Gasteiger partial charge in [-0.15, -0.1) is 0 Å². The Kier molecular flexibility index (Phi) is 4.00. The van der Waals surface area contributed by atoms with Crippen molar-refractivity contribution in [2.24, 2.45) is 17.3 Å². The van der Waals surface area contributed by atoms with Gasteiger partial charge >= 0.3 is 0 Å². The van der Waals surface area contributed by atoms with E-state index in [-0.39, 0.29) is 5.41 Å². The topological polar surface area (TPSA) is 32.3 Å². The van der Waals surface area contributed by atoms with Crippen molar-refractivity contribution < 1.29 is 4.79 Å². The minimum Gasteiger partial charge on any atom is -0.340 e. The number of piperidine rings is 1. The van der Waals surface area contributed by atoms with E-state index in [1.54, 1.807) is 0 Å². The second-order valence-electron chi connectivity index (χ2n) is 7.35. The maximum absolute atomic E-state index is 12.4. The predicted molar refractivity (Wildman–Crippen MR) is 74.3 cm³/mol. The zero-order valence-corrected chi connectivity index (χ0v) is 12.3. The highest BCUT2D eigenvalue weighted by atomic mass is 16.2. The molecular formula is C15H28N2O. The van der Waals surface area contributed by atoms with Crippen LogP contribution in [0.2, 0.25) is 0 Å². The molecule has 0 radical (unpaired) electrons. The molecule has 3 nitrogen and oxygen atoms in total. The average Bonchev–Trinajstić information content (AvgIpc) is 3.07. The molecule has 1 aliphatic heterocycles. The van der Waals surface area contributed by atoms with Crippen molar-refractivity contribution in [3.63, 3.8) is 0 Å². The molecule has 0 bridgehead atoms. The van der Waals surface area contributed by atoms with Crippen LogP contribution in [-0.4, -0.2) is 36.5 Å². The minimum absolute atomic E-state index is 0.252. The van der Waals surface area contributed by atoms with Crippen LogP contribution in [0.4, 0.5) is 0 Å². The molecule has 1 heterocycles. The molecule has 2 aliphatic rings. The fourth-order valence-electron chi connectivity index (χ4n) is 2.79. The van der Waals surface area contributed by atoms with Gasteiger partial charge in [0.25, 0.3) is 0 Å². The van der Waals surface area contributed by atoms with Gasteiger partial charge in [-0.25, -0.2) is 0 Å². The summed E-state index contributed by atoms with van der Waals surface area (Å²) in [5, 5.41) is 3.66. The first-order chi connectivity index (χ1) is 8.36. The number of hydrogen-bond donors (Lipinski definition) is 1. The van der Waals surface area contributed by atoms with E-state index in [2.05, 4.69) is 17.1 Å². The van der Waals surface area contributed by atoms with Gasteiger partial charge in [-0.2, -0.15) is 0 Å². The zero-order valence-electron chi connectivity index (χ0n) is 12.3. The molecule has 1 saturated heterocycles. The summed E-state index contributed by atoms with van der Waals surface area (Å²) >= 11 is 0. The number of nitrogens with zero attached hydrogens (tertiary/aromatic N) is 1. The van der Waals surface area contributed by atoms with E-state index in [1.807, 2.05) is 20.8 Å². The van der Waals surface area contributed by atoms with Crippen LogP contribution < -0.4 is 5.32 Å². The number of amides is 1. The molecule has 18 heavy (non-hydrogen) atoms. The Morgan fingerprint density at radius 1 is 1.28 bits per heavy atom. The number of nitrogens with one attached hydrogen (secondary N) is 1. The van der Waals surface area contributed by atoms with Gasteiger partial charge in [-0.3, -0.25) is 4.79 Å². The van der Waals surface area contributed by atoms with Gasteiger partial charge in [0.1, 0.15) is 0 Å². The minimum atomic E-state index is -0.252. The molecular weight excluding hydrogens is 224 g/mol. The molecule has 3 heteroatoms. The van der Waals surface area contributed by atoms with E-state index in [0.29, 0.717) is 17.9 Å². The van der Waals surface area contributed by atoms with Gasteiger partial charge in [-0.05, 0) is 37.6 Å². The number of rotatable bonds is 3. The van der Waals surface area contributed by atoms with E-state index in [0.717, 1.165) is 25.6 Å². The standard InChI is InChI=1S/C15H28N2O/c1-11-7-13(16-8-12-5-6-12)10-17(9-11)14(18)15(2,3)4/h11-13,16H,5-10H2,1-4H3. The third kappa shape index (κ3) is 3.71. The van der Waals surface area contributed by atoms with Gasteiger partial charge in [0.05, 0.1) is 0 Å². The molecule has 2 rings (SSSR count). The van der Waals surface area contributed by atoms with Crippen molar-refractivity contribution >= 4 is 5.91 Å². The summed E-state index contributed by atoms with van der Waals surface area (Å²) in [5.74, 6) is 1.82. The molecule has 0 aromatic carbocycles. The number of likely N-dealkylation sites (tertiary alicyclic amines) is 1. The predicted octanol–water partition coefficient (Wildman–Crippen LogP) is 2.27. The zero-order chi connectivity index (χ0) is 13.3. The third-order valence-electron chi connectivity index (χ3n) is 3.98. The highest BCUT2D eigenvalue weighted by Gasteiger charge is 2.33. The van der Waals surface area contributed by atoms with E-state index >= 15 is 0 Å². The third-order valence-corrected chi connectivity index (χ3v) is 3.98. The molecule has 104 valence electrons. The summed E-state index contributed by atoms with van der Waals surface area (Å²) < 4.78 is 0. The molecule has 0 aromatic rings. The fraction of sp³-hybridized carbons (Fsp3) is 0.933. The van der Waals surface area contributed by atoms with Gasteiger partial charge in [0, 0.05) is 24.5 Å². The smallest absolute Gasteiger partial charge is 0.228 e. The number of hydrogen-bond acceptors (Lipinski definition) is 2. The molecule has 1 amide bonds. The quantitative estimate of drug-likeness (QED) is 0.835. The second-order valence-corrected chi connectivity index (χ2v) is 7.35. The normalized spacial score (nSPS) is 29.4. The van der Waals surface area contributed by atoms with Gasteiger partial charge < -0.3 is 10.2 Å². The molecule has 1 aliphatic carbocycles. The molecule has 0 aromatic heterocycles. The largest absolute Gasteiger partial charge is 0.340 e. The van der Waals surface area contributed by atoms with Crippen LogP contribution in [0, 0.1) is 17.3 Å². The maximum atomic E-state index is 12.4. The van der Waals surface area contributed by atoms with Crippen LogP contribution in [0.15, 0.2) is 0 Å². The van der Waals surface area contributed by atoms with Crippen LogP contribution in [-0.2, 0) is 4.79 Å². The highest BCUT2D eigenvalue weighted by molar-refractivity contribution is 5.81. The summed E-state index contributed by atoms with van der Waals surface area (Å²) in [6, 6.07) is 0.501. The lowest BCUT2D eigenvalue weighted by atomic mass is 9.90. The van der Waals surface area contributed by atoms with Gasteiger partial charge in [-0.1, -0.05) is 27.7 Å². The molecule has 0 spiro atoms. The van der Waals surface area contributed by atoms with Crippen molar-refractivity contribution in [3.05, 3.63) is 0 Å². The summed E-state index contributed by atoms with van der Waals surface area (Å²) in [6.07, 6.45) is 3.99. The van der Waals surface area contributed by atoms with Crippen molar-refractivity contribution in [1.82, 2.24) is 10.2 Å². The summed E-state index contributed by atoms with van der Waals surface area (Å²) in [7, 11) is 0. The van der Waals surface area contributed by atoms with Crippen molar-refractivity contribution in [1.29, 1.82) is 0 Å². The number of carbonyl (C=O) groups excluding carboxylic acids is 1. The Hall–Kier alpha value is -0.570. The Labute approximate surface area is 111 Å². The fourth-order valence-corrected chi connectivity index (χ4v) is 2.79. The average molecular weight is 252 g/mol. The maximum Gasteiger partial charge on any atom is 0.228 e. The van der Waals surface area contributed by atoms with E-state index < -0.39 is 0 Å². The van der Waals surface area contributed by atoms with Crippen molar-refractivity contribution in [3.8, 4) is 0 Å². The number of carbonyl (C=O) groups is 1. The Balaban J connectivity index is 1.88. The highest BCUT2D eigenvalue weighted by Crippen LogP contribution is 2.29. The molecule has 1 saturated carbocycles. The van der Waals surface area contributed by atoms with Gasteiger partial charge in [0.2, 0.25) is 5.91 Å². The van der Waals surface area contributed by atoms with E-state index in [1.165, 1.54) is 19.3 Å². The summed E-state index contributed by atoms with van der Waals surface area (Å²) in [5.41, 5.74) is -0.252. The lowest BCUT2D eigenvalue weighted by molar-refractivity contribution is -0.141. The Bertz CT molecular complexity index is 304. The van der Waals surface area contributed by atoms with Gasteiger partial charge in [0.15, 0.2) is 0 Å². The first kappa shape index (κ1) is 13.9. The van der Waals surface area contributed by atoms with Crippen LogP contribution in [0.25, 0.3) is 0 Å². The first-order valence-electron chi connectivity index (χ1n) is 7.39. The Morgan fingerprint density at radius 2 is 1.94 bits per heavy atom. The summed E-state index contributed by atoms with van der Waals surface area (Å²) in [6.45, 7) is 11.3. The van der Waals surface area contributed by atoms with E-state index in [9.17, 15) is 4.79 Å². The molecule has 2 atom stereocenters. The van der Waals surface area contributed by atoms with Crippen LogP contribution in [0.5, 0.6) is 0 Å². The van der Waals surface area contributed by atoms with Crippen molar-refractivity contribution in [2.45, 2.75) is 53.0 Å². The first-order valence-corrected chi connectivity index (χ1v) is 7.39. The molecule has 2 fully saturated rings. The van der Waals surface area contributed by atoms with E-state index in [4.69, 9.17) is 0 Å². The van der Waals surface area contributed by atoms with Crippen molar-refractivity contribution in [2.75, 3.05) is 19.6 Å². The SMILES string of the molecule is CC1CC(NCC2CC2)CN(C(=O)C(C)(C)C)C1. The lowest BCUT2D eigenvalue weighted by Gasteiger charge is -2.39. The molecule has 2 unspecified atom stereocenters. The van der Waals surface area contributed by atoms with Crippen LogP contribution in [0.3, 0.4) is 0 Å².